The maximum absolute atomic E-state index is 12.9. The van der Waals surface area contributed by atoms with Crippen molar-refractivity contribution in [1.82, 2.24) is 20.5 Å². The van der Waals surface area contributed by atoms with Crippen molar-refractivity contribution in [2.75, 3.05) is 38.6 Å². The molecule has 9 nitrogen and oxygen atoms in total. The highest BCUT2D eigenvalue weighted by Crippen LogP contribution is 2.36. The maximum atomic E-state index is 12.9. The number of rotatable bonds is 7. The van der Waals surface area contributed by atoms with Gasteiger partial charge in [0.15, 0.2) is 0 Å². The molecule has 34 heavy (non-hydrogen) atoms. The lowest BCUT2D eigenvalue weighted by Gasteiger charge is -2.27. The molecule has 1 aromatic rings. The number of allylic oxidation sites excluding steroid dienone is 1. The van der Waals surface area contributed by atoms with E-state index in [0.717, 1.165) is 71.5 Å². The Balaban J connectivity index is 1.34. The number of pyridine rings is 1. The number of nitrogens with one attached hydrogen (secondary N) is 3. The second kappa shape index (κ2) is 10.7. The Kier molecular flexibility index (Phi) is 7.67. The summed E-state index contributed by atoms with van der Waals surface area (Å²) in [5.41, 5.74) is 4.34. The second-order valence-electron chi connectivity index (χ2n) is 8.83. The molecule has 3 N–H and O–H groups in total. The van der Waals surface area contributed by atoms with Crippen LogP contribution in [0.4, 0.5) is 5.82 Å². The van der Waals surface area contributed by atoms with Crippen LogP contribution in [0.5, 0.6) is 0 Å². The van der Waals surface area contributed by atoms with E-state index in [2.05, 4.69) is 46.9 Å². The molecular formula is C24H31BrN6O3. The van der Waals surface area contributed by atoms with Crippen molar-refractivity contribution >= 4 is 39.3 Å². The molecular weight excluding hydrogens is 500 g/mol. The number of anilines is 1. The van der Waals surface area contributed by atoms with Gasteiger partial charge in [0.05, 0.1) is 17.7 Å². The molecule has 3 aliphatic heterocycles. The van der Waals surface area contributed by atoms with E-state index in [0.29, 0.717) is 12.4 Å². The van der Waals surface area contributed by atoms with E-state index in [1.165, 1.54) is 0 Å². The number of oxime groups is 1. The van der Waals surface area contributed by atoms with Crippen LogP contribution in [0.25, 0.3) is 0 Å². The molecule has 3 aliphatic rings. The van der Waals surface area contributed by atoms with Gasteiger partial charge in [-0.25, -0.2) is 4.98 Å². The van der Waals surface area contributed by atoms with E-state index in [-0.39, 0.29) is 17.9 Å². The van der Waals surface area contributed by atoms with Crippen LogP contribution in [0.15, 0.2) is 44.8 Å². The number of amides is 2. The highest BCUT2D eigenvalue weighted by atomic mass is 79.9. The Morgan fingerprint density at radius 1 is 1.41 bits per heavy atom. The summed E-state index contributed by atoms with van der Waals surface area (Å²) >= 11 is 3.43. The summed E-state index contributed by atoms with van der Waals surface area (Å²) in [6.45, 7) is 7.40. The number of carbonyl (C=O) groups excluding carboxylic acids is 2. The van der Waals surface area contributed by atoms with Gasteiger partial charge in [-0.2, -0.15) is 0 Å². The SMILES string of the molecule is CON=C1CCN(CCCNC(=O)C2=C(C)/C(=C/C3C(=O)Nc4ncc(Br)cc43)NC2C)CC1. The van der Waals surface area contributed by atoms with Crippen molar-refractivity contribution in [3.05, 3.63) is 45.2 Å². The van der Waals surface area contributed by atoms with Crippen LogP contribution in [0.2, 0.25) is 0 Å². The van der Waals surface area contributed by atoms with Gasteiger partial charge in [-0.1, -0.05) is 5.16 Å². The van der Waals surface area contributed by atoms with E-state index in [4.69, 9.17) is 4.84 Å². The quantitative estimate of drug-likeness (QED) is 0.369. The van der Waals surface area contributed by atoms with Crippen molar-refractivity contribution in [1.29, 1.82) is 0 Å². The fourth-order valence-electron chi connectivity index (χ4n) is 4.74. The second-order valence-corrected chi connectivity index (χ2v) is 9.75. The number of fused-ring (bicyclic) bond motifs is 1. The third-order valence-electron chi connectivity index (χ3n) is 6.52. The zero-order valence-electron chi connectivity index (χ0n) is 19.8. The number of carbonyl (C=O) groups is 2. The first-order valence-corrected chi connectivity index (χ1v) is 12.4. The first-order chi connectivity index (χ1) is 16.4. The smallest absolute Gasteiger partial charge is 0.249 e. The van der Waals surface area contributed by atoms with Gasteiger partial charge in [-0.05, 0) is 60.5 Å². The topological polar surface area (TPSA) is 108 Å². The fraction of sp³-hybridized carbons (Fsp3) is 0.500. The average Bonchev–Trinajstić information content (AvgIpc) is 3.27. The minimum atomic E-state index is -0.453. The minimum Gasteiger partial charge on any atom is -0.399 e. The van der Waals surface area contributed by atoms with E-state index in [1.807, 2.05) is 26.0 Å². The van der Waals surface area contributed by atoms with Gasteiger partial charge in [0.1, 0.15) is 12.9 Å². The van der Waals surface area contributed by atoms with Crippen LogP contribution in [0.3, 0.4) is 0 Å². The first kappa shape index (κ1) is 24.4. The average molecular weight is 531 g/mol. The Morgan fingerprint density at radius 2 is 2.18 bits per heavy atom. The van der Waals surface area contributed by atoms with Gasteiger partial charge in [0.25, 0.3) is 0 Å². The van der Waals surface area contributed by atoms with Crippen LogP contribution in [-0.4, -0.2) is 66.7 Å². The molecule has 0 aromatic carbocycles. The van der Waals surface area contributed by atoms with Gasteiger partial charge >= 0.3 is 0 Å². The van der Waals surface area contributed by atoms with E-state index in [1.54, 1.807) is 13.3 Å². The van der Waals surface area contributed by atoms with Crippen molar-refractivity contribution in [3.8, 4) is 0 Å². The lowest BCUT2D eigenvalue weighted by molar-refractivity contribution is -0.118. The zero-order chi connectivity index (χ0) is 24.2. The molecule has 4 rings (SSSR count). The molecule has 1 fully saturated rings. The van der Waals surface area contributed by atoms with Crippen LogP contribution in [0.1, 0.15) is 44.6 Å². The molecule has 0 spiro atoms. The molecule has 0 radical (unpaired) electrons. The van der Waals surface area contributed by atoms with Crippen LogP contribution >= 0.6 is 15.9 Å². The molecule has 2 amide bonds. The largest absolute Gasteiger partial charge is 0.399 e. The Morgan fingerprint density at radius 3 is 2.91 bits per heavy atom. The molecule has 10 heteroatoms. The zero-order valence-corrected chi connectivity index (χ0v) is 21.4. The summed E-state index contributed by atoms with van der Waals surface area (Å²) in [6, 6.07) is 1.77. The molecule has 182 valence electrons. The highest BCUT2D eigenvalue weighted by molar-refractivity contribution is 9.10. The normalized spacial score (nSPS) is 23.6. The van der Waals surface area contributed by atoms with E-state index in [9.17, 15) is 9.59 Å². The minimum absolute atomic E-state index is 0.0604. The number of aromatic nitrogens is 1. The third-order valence-corrected chi connectivity index (χ3v) is 6.96. The van der Waals surface area contributed by atoms with Gasteiger partial charge < -0.3 is 25.7 Å². The third kappa shape index (κ3) is 5.33. The molecule has 2 unspecified atom stereocenters. The van der Waals surface area contributed by atoms with Gasteiger partial charge in [0, 0.05) is 60.0 Å². The van der Waals surface area contributed by atoms with Crippen molar-refractivity contribution in [3.63, 3.8) is 0 Å². The van der Waals surface area contributed by atoms with E-state index >= 15 is 0 Å². The number of hydrogen-bond donors (Lipinski definition) is 3. The molecule has 0 saturated carbocycles. The summed E-state index contributed by atoms with van der Waals surface area (Å²) in [4.78, 5) is 37.0. The fourth-order valence-corrected chi connectivity index (χ4v) is 5.09. The monoisotopic (exact) mass is 530 g/mol. The molecule has 0 bridgehead atoms. The number of piperidine rings is 1. The van der Waals surface area contributed by atoms with E-state index < -0.39 is 5.92 Å². The maximum Gasteiger partial charge on any atom is 0.249 e. The first-order valence-electron chi connectivity index (χ1n) is 11.6. The molecule has 0 aliphatic carbocycles. The lowest BCUT2D eigenvalue weighted by Crippen LogP contribution is -2.37. The molecule has 1 aromatic heterocycles. The Labute approximate surface area is 208 Å². The standard InChI is InChI=1S/C24H31BrN6O3/c1-14-20(12-19-18-11-16(25)13-27-22(18)29-23(19)32)28-15(2)21(14)24(33)26-7-4-8-31-9-5-17(6-10-31)30-34-3/h11-13,15,19,28H,4-10H2,1-3H3,(H,26,33)(H,27,29,32)/b20-12-. The van der Waals surface area contributed by atoms with Crippen molar-refractivity contribution in [2.24, 2.45) is 5.16 Å². The lowest BCUT2D eigenvalue weighted by atomic mass is 9.99. The van der Waals surface area contributed by atoms with Crippen molar-refractivity contribution < 1.29 is 14.4 Å². The summed E-state index contributed by atoms with van der Waals surface area (Å²) in [7, 11) is 1.58. The Hall–Kier alpha value is -2.72. The van der Waals surface area contributed by atoms with Gasteiger partial charge in [-0.15, -0.1) is 0 Å². The highest BCUT2D eigenvalue weighted by Gasteiger charge is 2.34. The summed E-state index contributed by atoms with van der Waals surface area (Å²) in [5, 5.41) is 13.3. The summed E-state index contributed by atoms with van der Waals surface area (Å²) < 4.78 is 0.819. The molecule has 2 atom stereocenters. The molecule has 1 saturated heterocycles. The van der Waals surface area contributed by atoms with Gasteiger partial charge in [-0.3, -0.25) is 9.59 Å². The predicted octanol–water partition coefficient (Wildman–Crippen LogP) is 2.68. The van der Waals surface area contributed by atoms with Crippen LogP contribution in [-0.2, 0) is 14.4 Å². The number of hydrogen-bond acceptors (Lipinski definition) is 7. The van der Waals surface area contributed by atoms with Crippen molar-refractivity contribution in [2.45, 2.75) is 45.1 Å². The van der Waals surface area contributed by atoms with Gasteiger partial charge in [0.2, 0.25) is 11.8 Å². The number of halogens is 1. The van der Waals surface area contributed by atoms with Crippen LogP contribution in [0, 0.1) is 0 Å². The number of nitrogens with zero attached hydrogens (tertiary/aromatic N) is 3. The summed E-state index contributed by atoms with van der Waals surface area (Å²) in [6.07, 6.45) is 6.30. The van der Waals surface area contributed by atoms with Crippen LogP contribution < -0.4 is 16.0 Å². The predicted molar refractivity (Wildman–Crippen MR) is 134 cm³/mol. The molecule has 4 heterocycles. The Bertz CT molecular complexity index is 1060. The number of likely N-dealkylation sites (tertiary alicyclic amines) is 1. The summed E-state index contributed by atoms with van der Waals surface area (Å²) in [5.74, 6) is -0.0519.